The summed E-state index contributed by atoms with van der Waals surface area (Å²) >= 11 is 0. The zero-order chi connectivity index (χ0) is 8.39. The summed E-state index contributed by atoms with van der Waals surface area (Å²) in [5.74, 6) is 0. The maximum atomic E-state index is 4.11. The molecule has 0 saturated heterocycles. The lowest BCUT2D eigenvalue weighted by Crippen LogP contribution is -1.99. The van der Waals surface area contributed by atoms with E-state index in [0.717, 1.165) is 11.3 Å². The number of aliphatic imine (C=N–C) groups is 1. The van der Waals surface area contributed by atoms with Crippen LogP contribution in [0.1, 0.15) is 11.1 Å². The second-order valence-electron chi connectivity index (χ2n) is 2.77. The SMILES string of the molecule is Cc1ccc(C2=NC=[N+]=C2)cc1. The lowest BCUT2D eigenvalue weighted by Gasteiger charge is -1.92. The van der Waals surface area contributed by atoms with E-state index in [-0.39, 0.29) is 0 Å². The van der Waals surface area contributed by atoms with Crippen LogP contribution in [0.5, 0.6) is 0 Å². The maximum absolute atomic E-state index is 4.11. The number of aryl methyl sites for hydroxylation is 1. The lowest BCUT2D eigenvalue weighted by atomic mass is 10.1. The average Bonchev–Trinajstić information content (AvgIpc) is 2.58. The van der Waals surface area contributed by atoms with Crippen LogP contribution in [0.4, 0.5) is 0 Å². The van der Waals surface area contributed by atoms with E-state index in [1.165, 1.54) is 5.56 Å². The van der Waals surface area contributed by atoms with Crippen LogP contribution < -0.4 is 4.67 Å². The fourth-order valence-electron chi connectivity index (χ4n) is 1.11. The van der Waals surface area contributed by atoms with Crippen molar-refractivity contribution in [2.45, 2.75) is 6.92 Å². The molecule has 0 saturated carbocycles. The number of hydrogen-bond donors (Lipinski definition) is 0. The van der Waals surface area contributed by atoms with Gasteiger partial charge in [0, 0.05) is 5.56 Å². The summed E-state index contributed by atoms with van der Waals surface area (Å²) in [5.41, 5.74) is 3.33. The molecule has 0 unspecified atom stereocenters. The van der Waals surface area contributed by atoms with E-state index in [0.29, 0.717) is 0 Å². The van der Waals surface area contributed by atoms with Crippen LogP contribution in [0, 0.1) is 6.92 Å². The Kier molecular flexibility index (Phi) is 1.61. The molecule has 0 bridgehead atoms. The van der Waals surface area contributed by atoms with Gasteiger partial charge in [-0.3, -0.25) is 0 Å². The molecular weight excluding hydrogens is 148 g/mol. The third kappa shape index (κ3) is 1.20. The number of rotatable bonds is 1. The van der Waals surface area contributed by atoms with E-state index in [1.807, 2.05) is 0 Å². The summed E-state index contributed by atoms with van der Waals surface area (Å²) < 4.78 is 3.91. The molecule has 2 heteroatoms. The summed E-state index contributed by atoms with van der Waals surface area (Å²) in [4.78, 5) is 4.11. The van der Waals surface area contributed by atoms with Crippen LogP contribution in [0.25, 0.3) is 0 Å². The van der Waals surface area contributed by atoms with E-state index in [9.17, 15) is 0 Å². The van der Waals surface area contributed by atoms with Crippen molar-refractivity contribution in [2.75, 3.05) is 0 Å². The third-order valence-electron chi connectivity index (χ3n) is 1.81. The summed E-state index contributed by atoms with van der Waals surface area (Å²) in [6, 6.07) is 8.26. The van der Waals surface area contributed by atoms with E-state index < -0.39 is 0 Å². The molecule has 12 heavy (non-hydrogen) atoms. The Hall–Kier alpha value is -1.66. The molecule has 0 aliphatic carbocycles. The first-order chi connectivity index (χ1) is 5.86. The standard InChI is InChI=1S/C10H9N2/c1-8-2-4-9(5-3-8)10-6-11-7-12-10/h2-7H,1H3/q+1. The molecule has 1 aromatic rings. The minimum atomic E-state index is 0.940. The Balaban J connectivity index is 2.36. The molecule has 2 rings (SSSR count). The highest BCUT2D eigenvalue weighted by Gasteiger charge is 2.10. The number of benzene rings is 1. The molecule has 1 heterocycles. The quantitative estimate of drug-likeness (QED) is 0.543. The molecule has 0 aromatic heterocycles. The molecule has 0 atom stereocenters. The van der Waals surface area contributed by atoms with Crippen molar-refractivity contribution in [2.24, 2.45) is 4.99 Å². The van der Waals surface area contributed by atoms with Gasteiger partial charge < -0.3 is 0 Å². The topological polar surface area (TPSA) is 26.5 Å². The zero-order valence-corrected chi connectivity index (χ0v) is 6.86. The van der Waals surface area contributed by atoms with Gasteiger partial charge in [0.05, 0.1) is 0 Å². The first-order valence-corrected chi connectivity index (χ1v) is 3.86. The first-order valence-electron chi connectivity index (χ1n) is 3.86. The molecule has 1 aliphatic heterocycles. The van der Waals surface area contributed by atoms with Crippen molar-refractivity contribution in [1.29, 1.82) is 0 Å². The summed E-state index contributed by atoms with van der Waals surface area (Å²) in [6.07, 6.45) is 3.33. The van der Waals surface area contributed by atoms with E-state index in [2.05, 4.69) is 40.8 Å². The first kappa shape index (κ1) is 7.01. The lowest BCUT2D eigenvalue weighted by molar-refractivity contribution is 1.46. The number of nitrogens with zero attached hydrogens (tertiary/aromatic N) is 2. The second kappa shape index (κ2) is 2.76. The van der Waals surface area contributed by atoms with Crippen LogP contribution in [0.3, 0.4) is 0 Å². The van der Waals surface area contributed by atoms with Crippen molar-refractivity contribution < 1.29 is 0 Å². The van der Waals surface area contributed by atoms with Gasteiger partial charge in [0.25, 0.3) is 0 Å². The van der Waals surface area contributed by atoms with E-state index in [4.69, 9.17) is 0 Å². The minimum absolute atomic E-state index is 0.940. The van der Waals surface area contributed by atoms with Gasteiger partial charge in [-0.2, -0.15) is 0 Å². The zero-order valence-electron chi connectivity index (χ0n) is 6.86. The highest BCUT2D eigenvalue weighted by Crippen LogP contribution is 2.03. The monoisotopic (exact) mass is 157 g/mol. The van der Waals surface area contributed by atoms with Crippen LogP contribution in [0.2, 0.25) is 0 Å². The molecule has 0 amide bonds. The summed E-state index contributed by atoms with van der Waals surface area (Å²) in [6.45, 7) is 2.07. The molecule has 58 valence electrons. The highest BCUT2D eigenvalue weighted by atomic mass is 14.9. The smallest absolute Gasteiger partial charge is 0.211 e. The predicted molar refractivity (Wildman–Crippen MR) is 52.0 cm³/mol. The minimum Gasteiger partial charge on any atom is -0.211 e. The van der Waals surface area contributed by atoms with Gasteiger partial charge in [0.15, 0.2) is 0 Å². The van der Waals surface area contributed by atoms with E-state index >= 15 is 0 Å². The second-order valence-corrected chi connectivity index (χ2v) is 2.77. The van der Waals surface area contributed by atoms with Crippen LogP contribution in [-0.2, 0) is 0 Å². The van der Waals surface area contributed by atoms with Gasteiger partial charge in [0.1, 0.15) is 0 Å². The molecule has 1 aromatic carbocycles. The normalized spacial score (nSPS) is 13.6. The van der Waals surface area contributed by atoms with Crippen LogP contribution in [-0.4, -0.2) is 18.3 Å². The van der Waals surface area contributed by atoms with Gasteiger partial charge in [-0.15, -0.1) is 0 Å². The molecule has 1 aliphatic rings. The Morgan fingerprint density at radius 3 is 2.50 bits per heavy atom. The Morgan fingerprint density at radius 2 is 1.92 bits per heavy atom. The van der Waals surface area contributed by atoms with Crippen molar-refractivity contribution in [1.82, 2.24) is 4.67 Å². The van der Waals surface area contributed by atoms with Crippen molar-refractivity contribution in [3.63, 3.8) is 0 Å². The predicted octanol–water partition coefficient (Wildman–Crippen LogP) is 0.964. The largest absolute Gasteiger partial charge is 0.378 e. The highest BCUT2D eigenvalue weighted by molar-refractivity contribution is 6.40. The van der Waals surface area contributed by atoms with Gasteiger partial charge in [-0.1, -0.05) is 29.8 Å². The fraction of sp³-hybridized carbons (Fsp3) is 0.100. The molecule has 0 spiro atoms. The Morgan fingerprint density at radius 1 is 1.17 bits per heavy atom. The van der Waals surface area contributed by atoms with Crippen molar-refractivity contribution >= 4 is 18.3 Å². The Labute approximate surface area is 71.0 Å². The fourth-order valence-corrected chi connectivity index (χ4v) is 1.11. The molecular formula is C10H9N2+. The summed E-state index contributed by atoms with van der Waals surface area (Å²) in [5, 5.41) is 0. The van der Waals surface area contributed by atoms with Gasteiger partial charge >= 0.3 is 6.34 Å². The number of hydrogen-bond acceptors (Lipinski definition) is 1. The Bertz CT molecular complexity index is 379. The average molecular weight is 157 g/mol. The molecule has 2 nitrogen and oxygen atoms in total. The van der Waals surface area contributed by atoms with Crippen LogP contribution >= 0.6 is 0 Å². The third-order valence-corrected chi connectivity index (χ3v) is 1.81. The van der Waals surface area contributed by atoms with E-state index in [1.54, 1.807) is 12.6 Å². The van der Waals surface area contributed by atoms with Crippen molar-refractivity contribution in [3.05, 3.63) is 35.4 Å². The molecule has 0 radical (unpaired) electrons. The maximum Gasteiger partial charge on any atom is 0.378 e. The molecule has 0 fully saturated rings. The van der Waals surface area contributed by atoms with Crippen molar-refractivity contribution in [3.8, 4) is 0 Å². The van der Waals surface area contributed by atoms with Gasteiger partial charge in [-0.05, 0) is 11.9 Å². The van der Waals surface area contributed by atoms with Gasteiger partial charge in [-0.25, -0.2) is 4.67 Å². The van der Waals surface area contributed by atoms with Gasteiger partial charge in [0.2, 0.25) is 11.9 Å². The van der Waals surface area contributed by atoms with Crippen LogP contribution in [0.15, 0.2) is 29.3 Å². The summed E-state index contributed by atoms with van der Waals surface area (Å²) in [7, 11) is 0. The molecule has 0 N–H and O–H groups in total.